The average molecular weight is 350 g/mol. The number of benzene rings is 2. The monoisotopic (exact) mass is 350 g/mol. The molecule has 2 heterocycles. The fourth-order valence-corrected chi connectivity index (χ4v) is 2.82. The van der Waals surface area contributed by atoms with Gasteiger partial charge in [-0.3, -0.25) is 0 Å². The lowest BCUT2D eigenvalue weighted by Crippen LogP contribution is -2.05. The van der Waals surface area contributed by atoms with Gasteiger partial charge < -0.3 is 4.74 Å². The van der Waals surface area contributed by atoms with Crippen molar-refractivity contribution in [1.29, 1.82) is 0 Å². The second-order valence-electron chi connectivity index (χ2n) is 5.64. The van der Waals surface area contributed by atoms with Gasteiger partial charge >= 0.3 is 6.18 Å². The first-order valence-electron chi connectivity index (χ1n) is 7.31. The Morgan fingerprint density at radius 2 is 1.96 bits per heavy atom. The Hall–Kier alpha value is -2.97. The number of aromatic amines is 1. The molecule has 1 aromatic heterocycles. The van der Waals surface area contributed by atoms with Crippen molar-refractivity contribution in [2.45, 2.75) is 18.7 Å². The lowest BCUT2D eigenvalue weighted by atomic mass is 10.00. The molecule has 1 aliphatic heterocycles. The van der Waals surface area contributed by atoms with E-state index in [0.717, 1.165) is 12.1 Å². The summed E-state index contributed by atoms with van der Waals surface area (Å²) in [5, 5.41) is 13.3. The van der Waals surface area contributed by atoms with Crippen LogP contribution in [0.5, 0.6) is 5.75 Å². The van der Waals surface area contributed by atoms with Gasteiger partial charge in [-0.2, -0.15) is 18.4 Å². The number of rotatable bonds is 2. The second kappa shape index (κ2) is 5.54. The first kappa shape index (κ1) is 15.6. The van der Waals surface area contributed by atoms with Gasteiger partial charge in [0.15, 0.2) is 0 Å². The zero-order valence-corrected chi connectivity index (χ0v) is 12.5. The van der Waals surface area contributed by atoms with Crippen LogP contribution in [0.1, 0.15) is 22.8 Å². The first-order chi connectivity index (χ1) is 11.9. The Labute approximate surface area is 138 Å². The van der Waals surface area contributed by atoms with Gasteiger partial charge in [0.1, 0.15) is 17.7 Å². The molecule has 128 valence electrons. The smallest absolute Gasteiger partial charge is 0.416 e. The van der Waals surface area contributed by atoms with Gasteiger partial charge in [0, 0.05) is 12.0 Å². The summed E-state index contributed by atoms with van der Waals surface area (Å²) in [5.41, 5.74) is 0.594. The molecule has 3 aromatic rings. The number of tetrazole rings is 1. The van der Waals surface area contributed by atoms with Gasteiger partial charge in [-0.25, -0.2) is 4.39 Å². The molecule has 0 amide bonds. The summed E-state index contributed by atoms with van der Waals surface area (Å²) < 4.78 is 58.1. The van der Waals surface area contributed by atoms with E-state index in [2.05, 4.69) is 20.6 Å². The quantitative estimate of drug-likeness (QED) is 0.716. The van der Waals surface area contributed by atoms with E-state index in [0.29, 0.717) is 22.4 Å². The van der Waals surface area contributed by atoms with Gasteiger partial charge in [0.25, 0.3) is 0 Å². The number of alkyl halides is 3. The highest BCUT2D eigenvalue weighted by Gasteiger charge is 2.33. The van der Waals surface area contributed by atoms with Crippen molar-refractivity contribution in [3.8, 4) is 17.1 Å². The molecular formula is C16H10F4N4O. The topological polar surface area (TPSA) is 63.7 Å². The molecule has 0 unspecified atom stereocenters. The molecule has 25 heavy (non-hydrogen) atoms. The van der Waals surface area contributed by atoms with Gasteiger partial charge in [0.05, 0.1) is 5.56 Å². The number of aromatic nitrogens is 4. The number of nitrogens with one attached hydrogen (secondary N) is 1. The van der Waals surface area contributed by atoms with Crippen LogP contribution in [0.2, 0.25) is 0 Å². The minimum atomic E-state index is -4.42. The molecule has 0 aliphatic carbocycles. The van der Waals surface area contributed by atoms with E-state index >= 15 is 0 Å². The molecule has 1 N–H and O–H groups in total. The Morgan fingerprint density at radius 1 is 1.12 bits per heavy atom. The van der Waals surface area contributed by atoms with Crippen molar-refractivity contribution in [2.24, 2.45) is 0 Å². The van der Waals surface area contributed by atoms with E-state index < -0.39 is 23.7 Å². The summed E-state index contributed by atoms with van der Waals surface area (Å²) in [7, 11) is 0. The third kappa shape index (κ3) is 2.92. The summed E-state index contributed by atoms with van der Waals surface area (Å²) in [6.45, 7) is 0. The molecule has 0 fully saturated rings. The van der Waals surface area contributed by atoms with Crippen LogP contribution in [0.4, 0.5) is 17.6 Å². The molecular weight excluding hydrogens is 340 g/mol. The minimum Gasteiger partial charge on any atom is -0.485 e. The standard InChI is InChI=1S/C16H10F4N4O/c17-12-5-8(3-10(6-12)15-21-23-24-22-15)14-7-9-4-11(16(18,19)20)1-2-13(9)25-14/h1-6,14H,7H2,(H,21,22,23,24)/t14-/m0/s1. The molecule has 1 atom stereocenters. The third-order valence-corrected chi connectivity index (χ3v) is 3.96. The van der Waals surface area contributed by atoms with Crippen molar-refractivity contribution in [3.05, 3.63) is 58.9 Å². The lowest BCUT2D eigenvalue weighted by molar-refractivity contribution is -0.137. The molecule has 4 rings (SSSR count). The first-order valence-corrected chi connectivity index (χ1v) is 7.31. The van der Waals surface area contributed by atoms with E-state index in [1.807, 2.05) is 0 Å². The molecule has 0 saturated carbocycles. The van der Waals surface area contributed by atoms with Gasteiger partial charge in [-0.05, 0) is 52.7 Å². The van der Waals surface area contributed by atoms with Crippen molar-refractivity contribution in [3.63, 3.8) is 0 Å². The normalized spacial score (nSPS) is 16.6. The van der Waals surface area contributed by atoms with E-state index in [-0.39, 0.29) is 12.2 Å². The van der Waals surface area contributed by atoms with Crippen LogP contribution in [-0.4, -0.2) is 20.6 Å². The maximum absolute atomic E-state index is 13.9. The third-order valence-electron chi connectivity index (χ3n) is 3.96. The fourth-order valence-electron chi connectivity index (χ4n) is 2.82. The van der Waals surface area contributed by atoms with E-state index in [9.17, 15) is 17.6 Å². The molecule has 9 heteroatoms. The SMILES string of the molecule is Fc1cc(-c2nn[nH]n2)cc([C@@H]2Cc3cc(C(F)(F)F)ccc3O2)c1. The van der Waals surface area contributed by atoms with Crippen LogP contribution >= 0.6 is 0 Å². The van der Waals surface area contributed by atoms with E-state index in [4.69, 9.17) is 4.74 Å². The van der Waals surface area contributed by atoms with Crippen LogP contribution in [0.25, 0.3) is 11.4 Å². The number of ether oxygens (including phenoxy) is 1. The zero-order valence-electron chi connectivity index (χ0n) is 12.5. The Bertz CT molecular complexity index is 924. The van der Waals surface area contributed by atoms with Crippen molar-refractivity contribution in [2.75, 3.05) is 0 Å². The highest BCUT2D eigenvalue weighted by atomic mass is 19.4. The van der Waals surface area contributed by atoms with Crippen LogP contribution in [0.15, 0.2) is 36.4 Å². The fraction of sp³-hybridized carbons (Fsp3) is 0.188. The summed E-state index contributed by atoms with van der Waals surface area (Å²) >= 11 is 0. The van der Waals surface area contributed by atoms with Gasteiger partial charge in [0.2, 0.25) is 5.82 Å². The Kier molecular flexibility index (Phi) is 3.45. The molecule has 0 radical (unpaired) electrons. The highest BCUT2D eigenvalue weighted by Crippen LogP contribution is 2.40. The molecule has 1 aliphatic rings. The molecule has 0 bridgehead atoms. The lowest BCUT2D eigenvalue weighted by Gasteiger charge is -2.12. The average Bonchev–Trinajstić information content (AvgIpc) is 3.22. The predicted molar refractivity (Wildman–Crippen MR) is 78.1 cm³/mol. The number of H-pyrrole nitrogens is 1. The largest absolute Gasteiger partial charge is 0.485 e. The summed E-state index contributed by atoms with van der Waals surface area (Å²) in [6, 6.07) is 7.49. The molecule has 0 spiro atoms. The molecule has 2 aromatic carbocycles. The van der Waals surface area contributed by atoms with Crippen molar-refractivity contribution >= 4 is 0 Å². The van der Waals surface area contributed by atoms with E-state index in [1.165, 1.54) is 18.2 Å². The Morgan fingerprint density at radius 3 is 2.68 bits per heavy atom. The molecule has 0 saturated heterocycles. The van der Waals surface area contributed by atoms with Crippen molar-refractivity contribution in [1.82, 2.24) is 20.6 Å². The number of fused-ring (bicyclic) bond motifs is 1. The Balaban J connectivity index is 1.66. The summed E-state index contributed by atoms with van der Waals surface area (Å²) in [4.78, 5) is 0. The van der Waals surface area contributed by atoms with Crippen LogP contribution in [-0.2, 0) is 12.6 Å². The highest BCUT2D eigenvalue weighted by molar-refractivity contribution is 5.56. The predicted octanol–water partition coefficient (Wildman–Crippen LogP) is 3.70. The maximum Gasteiger partial charge on any atom is 0.416 e. The molecule has 5 nitrogen and oxygen atoms in total. The summed E-state index contributed by atoms with van der Waals surface area (Å²) in [5.74, 6) is 0.0619. The van der Waals surface area contributed by atoms with Crippen LogP contribution in [0.3, 0.4) is 0 Å². The van der Waals surface area contributed by atoms with Gasteiger partial charge in [-0.1, -0.05) is 0 Å². The number of hydrogen-bond donors (Lipinski definition) is 1. The maximum atomic E-state index is 13.9. The number of halogens is 4. The second-order valence-corrected chi connectivity index (χ2v) is 5.64. The summed E-state index contributed by atoms with van der Waals surface area (Å²) in [6.07, 6.45) is -4.79. The number of nitrogens with zero attached hydrogens (tertiary/aromatic N) is 3. The van der Waals surface area contributed by atoms with Crippen LogP contribution in [0, 0.1) is 5.82 Å². The van der Waals surface area contributed by atoms with E-state index in [1.54, 1.807) is 6.07 Å². The minimum absolute atomic E-state index is 0.217. The van der Waals surface area contributed by atoms with Gasteiger partial charge in [-0.15, -0.1) is 10.2 Å². The zero-order chi connectivity index (χ0) is 17.6. The van der Waals surface area contributed by atoms with Crippen LogP contribution < -0.4 is 4.74 Å². The number of hydrogen-bond acceptors (Lipinski definition) is 4. The van der Waals surface area contributed by atoms with Crippen molar-refractivity contribution < 1.29 is 22.3 Å².